The second-order valence-corrected chi connectivity index (χ2v) is 10.0. The van der Waals surface area contributed by atoms with E-state index < -0.39 is 0 Å². The number of rotatable bonds is 11. The highest BCUT2D eigenvalue weighted by molar-refractivity contribution is 6.97. The van der Waals surface area contributed by atoms with Crippen molar-refractivity contribution in [3.8, 4) is 0 Å². The molecule has 0 rings (SSSR count). The van der Waals surface area contributed by atoms with Crippen molar-refractivity contribution < 1.29 is 0 Å². The predicted octanol–water partition coefficient (Wildman–Crippen LogP) is 1.31. The summed E-state index contributed by atoms with van der Waals surface area (Å²) in [5, 5.41) is 0. The number of nitrogens with zero attached hydrogens (tertiary/aromatic N) is 2. The Hall–Kier alpha value is 0.354. The molecule has 0 amide bonds. The molecule has 4 heteroatoms. The van der Waals surface area contributed by atoms with Crippen molar-refractivity contribution in [2.45, 2.75) is 53.4 Å². The van der Waals surface area contributed by atoms with Crippen LogP contribution in [0.25, 0.3) is 0 Å². The molecule has 0 atom stereocenters. The minimum atomic E-state index is 0.113. The molecular formula is C12H32N2Si2. The van der Waals surface area contributed by atoms with Crippen molar-refractivity contribution >= 4 is 18.4 Å². The lowest BCUT2D eigenvalue weighted by Gasteiger charge is -2.26. The van der Waals surface area contributed by atoms with Crippen molar-refractivity contribution in [1.29, 1.82) is 0 Å². The van der Waals surface area contributed by atoms with Crippen LogP contribution in [0.1, 0.15) is 53.4 Å². The number of hydrogen-bond acceptors (Lipinski definition) is 2. The highest BCUT2D eigenvalue weighted by atomic mass is 29.2. The fourth-order valence-electron chi connectivity index (χ4n) is 2.22. The smallest absolute Gasteiger partial charge is 0.0968 e. The Morgan fingerprint density at radius 1 is 0.562 bits per heavy atom. The van der Waals surface area contributed by atoms with Crippen LogP contribution in [0.4, 0.5) is 0 Å². The molecule has 98 valence electrons. The third-order valence-corrected chi connectivity index (χ3v) is 10.0. The van der Waals surface area contributed by atoms with E-state index in [4.69, 9.17) is 0 Å². The minimum absolute atomic E-state index is 0.113. The van der Waals surface area contributed by atoms with Gasteiger partial charge in [0.2, 0.25) is 0 Å². The summed E-state index contributed by atoms with van der Waals surface area (Å²) in [6.07, 6.45) is 5.35. The molecule has 0 radical (unpaired) electrons. The van der Waals surface area contributed by atoms with Crippen molar-refractivity contribution in [3.05, 3.63) is 0 Å². The zero-order chi connectivity index (χ0) is 12.2. The summed E-state index contributed by atoms with van der Waals surface area (Å²) in [6.45, 7) is 14.7. The molecule has 0 aliphatic carbocycles. The summed E-state index contributed by atoms with van der Waals surface area (Å²) in [5.41, 5.74) is 0. The van der Waals surface area contributed by atoms with Crippen molar-refractivity contribution in [2.75, 3.05) is 26.2 Å². The Morgan fingerprint density at radius 3 is 1.00 bits per heavy atom. The molecule has 0 fully saturated rings. The van der Waals surface area contributed by atoms with Gasteiger partial charge in [0.15, 0.2) is 0 Å². The maximum Gasteiger partial charge on any atom is 0.0968 e. The van der Waals surface area contributed by atoms with Crippen molar-refractivity contribution in [2.24, 2.45) is 0 Å². The van der Waals surface area contributed by atoms with Gasteiger partial charge in [-0.05, 0) is 51.9 Å². The molecule has 2 nitrogen and oxygen atoms in total. The zero-order valence-corrected chi connectivity index (χ0v) is 14.8. The van der Waals surface area contributed by atoms with Gasteiger partial charge in [-0.2, -0.15) is 0 Å². The van der Waals surface area contributed by atoms with Crippen LogP contribution >= 0.6 is 0 Å². The molecule has 0 aliphatic heterocycles. The van der Waals surface area contributed by atoms with Crippen LogP contribution in [0, 0.1) is 0 Å². The second-order valence-electron chi connectivity index (χ2n) is 4.68. The van der Waals surface area contributed by atoms with E-state index in [9.17, 15) is 0 Å². The van der Waals surface area contributed by atoms with E-state index in [-0.39, 0.29) is 18.4 Å². The van der Waals surface area contributed by atoms with E-state index in [2.05, 4.69) is 36.8 Å². The van der Waals surface area contributed by atoms with E-state index >= 15 is 0 Å². The topological polar surface area (TPSA) is 6.48 Å². The third-order valence-electron chi connectivity index (χ3n) is 2.89. The normalized spacial score (nSPS) is 13.1. The van der Waals surface area contributed by atoms with Gasteiger partial charge in [-0.25, -0.2) is 0 Å². The monoisotopic (exact) mass is 260 g/mol. The quantitative estimate of drug-likeness (QED) is 0.517. The lowest BCUT2D eigenvalue weighted by molar-refractivity contribution is 0.430. The first-order valence-corrected chi connectivity index (χ1v) is 12.5. The van der Waals surface area contributed by atoms with E-state index in [0.29, 0.717) is 0 Å². The van der Waals surface area contributed by atoms with Crippen LogP contribution in [0.2, 0.25) is 0 Å². The van der Waals surface area contributed by atoms with E-state index in [1.165, 1.54) is 51.9 Å². The summed E-state index contributed by atoms with van der Waals surface area (Å²) < 4.78 is 5.62. The molecule has 0 aliphatic rings. The van der Waals surface area contributed by atoms with E-state index in [1.807, 2.05) is 0 Å². The summed E-state index contributed by atoms with van der Waals surface area (Å²) in [4.78, 5) is 0. The van der Waals surface area contributed by atoms with Crippen LogP contribution in [-0.4, -0.2) is 53.7 Å². The Bertz CT molecular complexity index is 117. The van der Waals surface area contributed by atoms with Crippen LogP contribution in [-0.2, 0) is 0 Å². The first-order valence-electron chi connectivity index (χ1n) is 7.23. The maximum absolute atomic E-state index is 2.81. The molecule has 0 bridgehead atoms. The number of hydrogen-bond donors (Lipinski definition) is 0. The molecule has 0 spiro atoms. The lowest BCUT2D eigenvalue weighted by Crippen LogP contribution is -2.42. The Kier molecular flexibility index (Phi) is 12.1. The average Bonchev–Trinajstić information content (AvgIpc) is 2.27. The fourth-order valence-corrected chi connectivity index (χ4v) is 9.32. The summed E-state index contributed by atoms with van der Waals surface area (Å²) in [5.74, 6) is 0. The Labute approximate surface area is 107 Å². The molecule has 16 heavy (non-hydrogen) atoms. The van der Waals surface area contributed by atoms with E-state index in [1.54, 1.807) is 0 Å². The minimum Gasteiger partial charge on any atom is -0.330 e. The molecule has 0 heterocycles. The lowest BCUT2D eigenvalue weighted by atomic mass is 10.4. The van der Waals surface area contributed by atoms with Crippen molar-refractivity contribution in [3.63, 3.8) is 0 Å². The summed E-state index contributed by atoms with van der Waals surface area (Å²) >= 11 is 0. The molecule has 0 aromatic rings. The second kappa shape index (κ2) is 11.8. The van der Waals surface area contributed by atoms with Gasteiger partial charge in [0.25, 0.3) is 0 Å². The summed E-state index contributed by atoms with van der Waals surface area (Å²) in [7, 11) is 0.227. The standard InChI is InChI=1S/C12H32N2Si2/c1-5-9-13(10-6-2)15-16-14(11-7-3)12-8-4/h5-12,15-16H2,1-4H3. The predicted molar refractivity (Wildman–Crippen MR) is 81.4 cm³/mol. The molecule has 0 unspecified atom stereocenters. The molecule has 0 aromatic heterocycles. The fraction of sp³-hybridized carbons (Fsp3) is 1.00. The molecule has 0 saturated carbocycles. The van der Waals surface area contributed by atoms with Crippen LogP contribution in [0.3, 0.4) is 0 Å². The average molecular weight is 261 g/mol. The maximum atomic E-state index is 2.81. The van der Waals surface area contributed by atoms with Gasteiger partial charge in [0.1, 0.15) is 0 Å². The third kappa shape index (κ3) is 8.50. The SMILES string of the molecule is CCCN(CCC)[SiH2][SiH2]N(CCC)CCC. The van der Waals surface area contributed by atoms with Crippen LogP contribution in [0.5, 0.6) is 0 Å². The van der Waals surface area contributed by atoms with E-state index in [0.717, 1.165) is 0 Å². The van der Waals surface area contributed by atoms with Gasteiger partial charge in [-0.3, -0.25) is 0 Å². The van der Waals surface area contributed by atoms with Gasteiger partial charge in [0, 0.05) is 0 Å². The Balaban J connectivity index is 3.83. The van der Waals surface area contributed by atoms with Gasteiger partial charge < -0.3 is 9.13 Å². The molecule has 0 saturated heterocycles. The van der Waals surface area contributed by atoms with Crippen LogP contribution in [0.15, 0.2) is 0 Å². The van der Waals surface area contributed by atoms with Gasteiger partial charge >= 0.3 is 0 Å². The van der Waals surface area contributed by atoms with Crippen LogP contribution < -0.4 is 0 Å². The molecule has 0 aromatic carbocycles. The first-order chi connectivity index (χ1) is 7.78. The zero-order valence-electron chi connectivity index (χ0n) is 12.0. The van der Waals surface area contributed by atoms with Gasteiger partial charge in [0.05, 0.1) is 18.4 Å². The van der Waals surface area contributed by atoms with Gasteiger partial charge in [-0.1, -0.05) is 27.7 Å². The van der Waals surface area contributed by atoms with Crippen molar-refractivity contribution in [1.82, 2.24) is 9.13 Å². The molecular weight excluding hydrogens is 228 g/mol. The largest absolute Gasteiger partial charge is 0.330 e. The highest BCUT2D eigenvalue weighted by Crippen LogP contribution is 1.95. The molecule has 0 N–H and O–H groups in total. The Morgan fingerprint density at radius 2 is 0.812 bits per heavy atom. The highest BCUT2D eigenvalue weighted by Gasteiger charge is 2.08. The summed E-state index contributed by atoms with van der Waals surface area (Å²) in [6, 6.07) is 0. The first kappa shape index (κ1) is 16.4. The van der Waals surface area contributed by atoms with Gasteiger partial charge in [-0.15, -0.1) is 0 Å².